The van der Waals surface area contributed by atoms with Crippen LogP contribution in [0, 0.1) is 5.92 Å². The van der Waals surface area contributed by atoms with E-state index in [-0.39, 0.29) is 17.8 Å². The lowest BCUT2D eigenvalue weighted by molar-refractivity contribution is -0.0765. The van der Waals surface area contributed by atoms with Gasteiger partial charge in [-0.15, -0.1) is 12.4 Å². The highest BCUT2D eigenvalue weighted by atomic mass is 35.5. The second kappa shape index (κ2) is 7.03. The number of benzene rings is 2. The number of ether oxygens (including phenoxy) is 1. The van der Waals surface area contributed by atoms with E-state index in [0.717, 1.165) is 12.1 Å². The van der Waals surface area contributed by atoms with E-state index in [0.29, 0.717) is 40.6 Å². The summed E-state index contributed by atoms with van der Waals surface area (Å²) in [7, 11) is 0. The molecule has 0 aliphatic carbocycles. The summed E-state index contributed by atoms with van der Waals surface area (Å²) in [6, 6.07) is 13.2. The Bertz CT molecular complexity index is 991. The standard InChI is InChI=1S/C21H21NO3.ClH/c23-21-16-3-1-2-4-18(16)25-19-6-5-14(11-17(19)21)13-24-20-12-22-9-7-15(20)8-10-22;/h1-6,11,15,20H,7-10,12-13H2;1H. The molecule has 0 N–H and O–H groups in total. The maximum Gasteiger partial charge on any atom is 0.200 e. The Morgan fingerprint density at radius 3 is 2.58 bits per heavy atom. The second-order valence-electron chi connectivity index (χ2n) is 7.25. The minimum atomic E-state index is 0. The average Bonchev–Trinajstić information content (AvgIpc) is 2.68. The average molecular weight is 372 g/mol. The van der Waals surface area contributed by atoms with Crippen LogP contribution in [-0.4, -0.2) is 30.6 Å². The number of rotatable bonds is 3. The lowest BCUT2D eigenvalue weighted by atomic mass is 9.86. The molecule has 6 rings (SSSR count). The van der Waals surface area contributed by atoms with Gasteiger partial charge in [0, 0.05) is 6.54 Å². The number of fused-ring (bicyclic) bond motifs is 5. The first-order valence-electron chi connectivity index (χ1n) is 9.06. The molecule has 3 saturated heterocycles. The molecule has 1 atom stereocenters. The summed E-state index contributed by atoms with van der Waals surface area (Å²) >= 11 is 0. The predicted molar refractivity (Wildman–Crippen MR) is 105 cm³/mol. The maximum absolute atomic E-state index is 12.7. The molecule has 2 aromatic carbocycles. The lowest BCUT2D eigenvalue weighted by Crippen LogP contribution is -2.51. The van der Waals surface area contributed by atoms with Crippen molar-refractivity contribution >= 4 is 34.3 Å². The van der Waals surface area contributed by atoms with Crippen LogP contribution in [0.1, 0.15) is 18.4 Å². The van der Waals surface area contributed by atoms with Crippen LogP contribution in [0.3, 0.4) is 0 Å². The Kier molecular flexibility index (Phi) is 4.74. The molecular weight excluding hydrogens is 350 g/mol. The zero-order valence-corrected chi connectivity index (χ0v) is 15.3. The van der Waals surface area contributed by atoms with Gasteiger partial charge >= 0.3 is 0 Å². The molecule has 0 saturated carbocycles. The lowest BCUT2D eigenvalue weighted by Gasteiger charge is -2.44. The Morgan fingerprint density at radius 1 is 1.04 bits per heavy atom. The van der Waals surface area contributed by atoms with E-state index in [9.17, 15) is 4.79 Å². The molecule has 1 unspecified atom stereocenters. The van der Waals surface area contributed by atoms with Crippen molar-refractivity contribution in [2.75, 3.05) is 19.6 Å². The fraction of sp³-hybridized carbons (Fsp3) is 0.381. The van der Waals surface area contributed by atoms with Crippen LogP contribution in [-0.2, 0) is 11.3 Å². The van der Waals surface area contributed by atoms with Gasteiger partial charge in [0.1, 0.15) is 11.2 Å². The molecule has 0 radical (unpaired) electrons. The zero-order valence-electron chi connectivity index (χ0n) is 14.5. The van der Waals surface area contributed by atoms with Gasteiger partial charge in [-0.1, -0.05) is 18.2 Å². The van der Waals surface area contributed by atoms with Crippen molar-refractivity contribution in [3.63, 3.8) is 0 Å². The van der Waals surface area contributed by atoms with Crippen LogP contribution in [0.2, 0.25) is 0 Å². The third-order valence-electron chi connectivity index (χ3n) is 5.70. The summed E-state index contributed by atoms with van der Waals surface area (Å²) in [6.45, 7) is 4.03. The van der Waals surface area contributed by atoms with Gasteiger partial charge in [-0.2, -0.15) is 0 Å². The van der Waals surface area contributed by atoms with Crippen molar-refractivity contribution in [3.05, 3.63) is 58.3 Å². The number of piperidine rings is 3. The highest BCUT2D eigenvalue weighted by Gasteiger charge is 2.34. The van der Waals surface area contributed by atoms with Gasteiger partial charge in [0.25, 0.3) is 0 Å². The number of halogens is 1. The number of hydrogen-bond acceptors (Lipinski definition) is 4. The van der Waals surface area contributed by atoms with Crippen molar-refractivity contribution in [2.24, 2.45) is 5.92 Å². The summed E-state index contributed by atoms with van der Waals surface area (Å²) in [6.07, 6.45) is 2.82. The molecule has 3 fully saturated rings. The first-order valence-corrected chi connectivity index (χ1v) is 9.06. The second-order valence-corrected chi connectivity index (χ2v) is 7.25. The summed E-state index contributed by atoms with van der Waals surface area (Å²) in [4.78, 5) is 15.2. The molecule has 4 nitrogen and oxygen atoms in total. The first kappa shape index (κ1) is 17.5. The van der Waals surface area contributed by atoms with Crippen molar-refractivity contribution < 1.29 is 9.15 Å². The van der Waals surface area contributed by atoms with Gasteiger partial charge in [0.15, 0.2) is 0 Å². The van der Waals surface area contributed by atoms with E-state index < -0.39 is 0 Å². The molecule has 26 heavy (non-hydrogen) atoms. The Morgan fingerprint density at radius 2 is 1.81 bits per heavy atom. The van der Waals surface area contributed by atoms with Gasteiger partial charge in [0.2, 0.25) is 5.43 Å². The summed E-state index contributed by atoms with van der Waals surface area (Å²) < 4.78 is 12.1. The number of hydrogen-bond donors (Lipinski definition) is 0. The van der Waals surface area contributed by atoms with Crippen molar-refractivity contribution in [2.45, 2.75) is 25.6 Å². The van der Waals surface area contributed by atoms with Gasteiger partial charge < -0.3 is 14.1 Å². The van der Waals surface area contributed by atoms with Crippen LogP contribution < -0.4 is 5.43 Å². The van der Waals surface area contributed by atoms with E-state index in [1.165, 1.54) is 25.9 Å². The third kappa shape index (κ3) is 3.02. The Hall–Kier alpha value is -1.88. The fourth-order valence-corrected chi connectivity index (χ4v) is 4.24. The molecule has 2 bridgehead atoms. The van der Waals surface area contributed by atoms with Crippen molar-refractivity contribution in [1.82, 2.24) is 4.90 Å². The van der Waals surface area contributed by atoms with Crippen LogP contribution in [0.4, 0.5) is 0 Å². The summed E-state index contributed by atoms with van der Waals surface area (Å²) in [5.41, 5.74) is 2.33. The molecular formula is C21H22ClNO3. The van der Waals surface area contributed by atoms with Crippen molar-refractivity contribution in [3.8, 4) is 0 Å². The van der Waals surface area contributed by atoms with Crippen LogP contribution in [0.5, 0.6) is 0 Å². The molecule has 4 heterocycles. The summed E-state index contributed by atoms with van der Waals surface area (Å²) in [5, 5.41) is 1.26. The Labute approximate surface area is 158 Å². The highest BCUT2D eigenvalue weighted by Crippen LogP contribution is 2.30. The van der Waals surface area contributed by atoms with Crippen LogP contribution in [0.15, 0.2) is 51.7 Å². The van der Waals surface area contributed by atoms with E-state index in [2.05, 4.69) is 4.90 Å². The van der Waals surface area contributed by atoms with Crippen molar-refractivity contribution in [1.29, 1.82) is 0 Å². The molecule has 1 aromatic heterocycles. The molecule has 136 valence electrons. The van der Waals surface area contributed by atoms with Gasteiger partial charge in [0.05, 0.1) is 23.5 Å². The highest BCUT2D eigenvalue weighted by molar-refractivity contribution is 5.89. The molecule has 0 spiro atoms. The summed E-state index contributed by atoms with van der Waals surface area (Å²) in [5.74, 6) is 0.694. The zero-order chi connectivity index (χ0) is 16.8. The third-order valence-corrected chi connectivity index (χ3v) is 5.70. The molecule has 5 heteroatoms. The van der Waals surface area contributed by atoms with E-state index in [1.54, 1.807) is 0 Å². The van der Waals surface area contributed by atoms with Crippen LogP contribution in [0.25, 0.3) is 21.9 Å². The van der Waals surface area contributed by atoms with E-state index in [1.807, 2.05) is 42.5 Å². The van der Waals surface area contributed by atoms with E-state index >= 15 is 0 Å². The smallest absolute Gasteiger partial charge is 0.200 e. The van der Waals surface area contributed by atoms with Gasteiger partial charge in [-0.3, -0.25) is 4.79 Å². The molecule has 3 aliphatic rings. The molecule has 3 aromatic rings. The van der Waals surface area contributed by atoms with Gasteiger partial charge in [-0.05, 0) is 61.7 Å². The first-order chi connectivity index (χ1) is 12.3. The SMILES string of the molecule is Cl.O=c1c2ccccc2oc2ccc(COC3CN4CCC3CC4)cc12. The van der Waals surface area contributed by atoms with Crippen LogP contribution >= 0.6 is 12.4 Å². The van der Waals surface area contributed by atoms with E-state index in [4.69, 9.17) is 9.15 Å². The molecule has 0 amide bonds. The normalized spacial score (nSPS) is 24.7. The predicted octanol–water partition coefficient (Wildman–Crippen LogP) is 3.98. The largest absolute Gasteiger partial charge is 0.456 e. The minimum absolute atomic E-state index is 0. The molecule has 3 aliphatic heterocycles. The monoisotopic (exact) mass is 371 g/mol. The number of para-hydroxylation sites is 1. The maximum atomic E-state index is 12.7. The fourth-order valence-electron chi connectivity index (χ4n) is 4.24. The number of nitrogens with zero attached hydrogens (tertiary/aromatic N) is 1. The quantitative estimate of drug-likeness (QED) is 0.653. The topological polar surface area (TPSA) is 42.7 Å². The minimum Gasteiger partial charge on any atom is -0.456 e. The van der Waals surface area contributed by atoms with Gasteiger partial charge in [-0.25, -0.2) is 0 Å². The Balaban J connectivity index is 0.00000168.